The van der Waals surface area contributed by atoms with Crippen LogP contribution in [0.2, 0.25) is 0 Å². The van der Waals surface area contributed by atoms with Gasteiger partial charge in [-0.15, -0.1) is 10.2 Å². The van der Waals surface area contributed by atoms with Crippen molar-refractivity contribution in [2.75, 3.05) is 24.2 Å². The summed E-state index contributed by atoms with van der Waals surface area (Å²) in [6.07, 6.45) is 9.78. The van der Waals surface area contributed by atoms with Gasteiger partial charge in [0.2, 0.25) is 0 Å². The monoisotopic (exact) mass is 370 g/mol. The number of hydrogen-bond acceptors (Lipinski definition) is 7. The van der Waals surface area contributed by atoms with E-state index in [0.717, 1.165) is 48.6 Å². The molecule has 0 aliphatic carbocycles. The first-order valence-corrected chi connectivity index (χ1v) is 9.94. The lowest BCUT2D eigenvalue weighted by Gasteiger charge is -2.33. The summed E-state index contributed by atoms with van der Waals surface area (Å²) < 4.78 is 3.98. The van der Waals surface area contributed by atoms with Crippen LogP contribution in [-0.4, -0.2) is 53.9 Å². The molecule has 1 aliphatic heterocycles. The number of anilines is 1. The van der Waals surface area contributed by atoms with E-state index in [2.05, 4.69) is 34.7 Å². The number of thioether (sulfide) groups is 1. The summed E-state index contributed by atoms with van der Waals surface area (Å²) in [5.74, 6) is 3.30. The molecule has 4 heterocycles. The first-order chi connectivity index (χ1) is 12.7. The summed E-state index contributed by atoms with van der Waals surface area (Å²) in [4.78, 5) is 11.2. The molecule has 1 aliphatic rings. The Morgan fingerprint density at radius 2 is 2.19 bits per heavy atom. The van der Waals surface area contributed by atoms with Gasteiger partial charge in [0.1, 0.15) is 18.2 Å². The summed E-state index contributed by atoms with van der Waals surface area (Å²) in [5, 5.41) is 13.9. The largest absolute Gasteiger partial charge is 0.356 e. The van der Waals surface area contributed by atoms with Gasteiger partial charge in [0.05, 0.1) is 0 Å². The van der Waals surface area contributed by atoms with Gasteiger partial charge in [-0.3, -0.25) is 4.68 Å². The number of piperidine rings is 1. The average molecular weight is 370 g/mol. The third-order valence-electron chi connectivity index (χ3n) is 4.77. The highest BCUT2D eigenvalue weighted by molar-refractivity contribution is 7.98. The molecule has 8 nitrogen and oxygen atoms in total. The van der Waals surface area contributed by atoms with E-state index in [1.165, 1.54) is 0 Å². The predicted molar refractivity (Wildman–Crippen MR) is 100 cm³/mol. The molecule has 0 spiro atoms. The highest BCUT2D eigenvalue weighted by atomic mass is 32.2. The molecule has 4 rings (SSSR count). The topological polar surface area (TPSA) is 77.5 Å². The minimum absolute atomic E-state index is 0.348. The summed E-state index contributed by atoms with van der Waals surface area (Å²) >= 11 is 1.57. The van der Waals surface area contributed by atoms with Crippen LogP contribution in [0.5, 0.6) is 0 Å². The minimum atomic E-state index is 0.348. The van der Waals surface area contributed by atoms with Gasteiger partial charge in [0.15, 0.2) is 11.0 Å². The molecule has 1 saturated heterocycles. The van der Waals surface area contributed by atoms with Crippen molar-refractivity contribution in [3.63, 3.8) is 0 Å². The van der Waals surface area contributed by atoms with Crippen LogP contribution in [0.1, 0.15) is 30.4 Å². The second-order valence-electron chi connectivity index (χ2n) is 6.42. The van der Waals surface area contributed by atoms with E-state index in [-0.39, 0.29) is 0 Å². The zero-order valence-corrected chi connectivity index (χ0v) is 15.8. The smallest absolute Gasteiger partial charge is 0.189 e. The number of aromatic nitrogens is 7. The lowest BCUT2D eigenvalue weighted by Crippen LogP contribution is -2.36. The Morgan fingerprint density at radius 1 is 1.27 bits per heavy atom. The Labute approximate surface area is 156 Å². The average Bonchev–Trinajstić information content (AvgIpc) is 3.33. The van der Waals surface area contributed by atoms with Crippen LogP contribution in [0.3, 0.4) is 0 Å². The van der Waals surface area contributed by atoms with Crippen LogP contribution in [0.4, 0.5) is 5.82 Å². The molecule has 0 bridgehead atoms. The van der Waals surface area contributed by atoms with E-state index in [1.807, 2.05) is 42.5 Å². The summed E-state index contributed by atoms with van der Waals surface area (Å²) in [5.41, 5.74) is 0. The zero-order chi connectivity index (χ0) is 17.9. The minimum Gasteiger partial charge on any atom is -0.356 e. The van der Waals surface area contributed by atoms with E-state index >= 15 is 0 Å². The van der Waals surface area contributed by atoms with Gasteiger partial charge in [-0.2, -0.15) is 5.10 Å². The quantitative estimate of drug-likeness (QED) is 0.502. The molecule has 3 aromatic heterocycles. The van der Waals surface area contributed by atoms with E-state index in [4.69, 9.17) is 0 Å². The first kappa shape index (κ1) is 17.0. The van der Waals surface area contributed by atoms with Gasteiger partial charge in [-0.25, -0.2) is 9.97 Å². The fourth-order valence-electron chi connectivity index (χ4n) is 3.41. The molecule has 1 atom stereocenters. The number of rotatable bonds is 5. The van der Waals surface area contributed by atoms with Gasteiger partial charge < -0.3 is 9.47 Å². The molecule has 0 saturated carbocycles. The Balaban J connectivity index is 1.52. The van der Waals surface area contributed by atoms with Crippen molar-refractivity contribution in [2.24, 2.45) is 7.05 Å². The van der Waals surface area contributed by atoms with Crippen LogP contribution in [0.15, 0.2) is 35.9 Å². The predicted octanol–water partition coefficient (Wildman–Crippen LogP) is 1.96. The second kappa shape index (κ2) is 7.45. The van der Waals surface area contributed by atoms with Gasteiger partial charge in [0.25, 0.3) is 0 Å². The normalized spacial score (nSPS) is 17.6. The third kappa shape index (κ3) is 3.44. The fraction of sp³-hybridized carbons (Fsp3) is 0.471. The van der Waals surface area contributed by atoms with E-state index in [9.17, 15) is 0 Å². The molecule has 9 heteroatoms. The lowest BCUT2D eigenvalue weighted by atomic mass is 9.97. The molecule has 1 fully saturated rings. The number of hydrogen-bond donors (Lipinski definition) is 0. The van der Waals surface area contributed by atoms with Crippen molar-refractivity contribution in [2.45, 2.75) is 30.5 Å². The van der Waals surface area contributed by atoms with Crippen molar-refractivity contribution in [3.05, 3.63) is 42.4 Å². The standard InChI is InChI=1S/C17H22N8S/c1-23-15(12-25-10-4-7-19-25)21-22-16(23)13-5-3-9-24(11-13)14-6-8-18-17(20-14)26-2/h4,6-8,10,13H,3,5,9,11-12H2,1-2H3/t13-/m0/s1. The molecule has 3 aromatic rings. The summed E-state index contributed by atoms with van der Waals surface area (Å²) in [7, 11) is 2.05. The van der Waals surface area contributed by atoms with Crippen molar-refractivity contribution < 1.29 is 0 Å². The van der Waals surface area contributed by atoms with Gasteiger partial charge in [0, 0.05) is 44.6 Å². The molecular weight excluding hydrogens is 348 g/mol. The zero-order valence-electron chi connectivity index (χ0n) is 15.0. The van der Waals surface area contributed by atoms with Crippen molar-refractivity contribution in [3.8, 4) is 0 Å². The maximum atomic E-state index is 4.64. The Kier molecular flexibility index (Phi) is 4.87. The van der Waals surface area contributed by atoms with E-state index < -0.39 is 0 Å². The Hall–Kier alpha value is -2.42. The van der Waals surface area contributed by atoms with Crippen LogP contribution in [0, 0.1) is 0 Å². The summed E-state index contributed by atoms with van der Waals surface area (Å²) in [6, 6.07) is 3.91. The highest BCUT2D eigenvalue weighted by Gasteiger charge is 2.27. The van der Waals surface area contributed by atoms with E-state index in [1.54, 1.807) is 18.0 Å². The number of nitrogens with zero attached hydrogens (tertiary/aromatic N) is 8. The van der Waals surface area contributed by atoms with Crippen LogP contribution in [0.25, 0.3) is 0 Å². The maximum absolute atomic E-state index is 4.64. The molecular formula is C17H22N8S. The van der Waals surface area contributed by atoms with Crippen LogP contribution >= 0.6 is 11.8 Å². The molecule has 0 N–H and O–H groups in total. The molecule has 0 aromatic carbocycles. The van der Waals surface area contributed by atoms with Crippen LogP contribution < -0.4 is 4.90 Å². The maximum Gasteiger partial charge on any atom is 0.189 e. The first-order valence-electron chi connectivity index (χ1n) is 8.72. The molecule has 26 heavy (non-hydrogen) atoms. The molecule has 136 valence electrons. The summed E-state index contributed by atoms with van der Waals surface area (Å²) in [6.45, 7) is 2.55. The SMILES string of the molecule is CSc1nccc(N2CCC[C@H](c3nnc(Cn4cccn4)n3C)C2)n1. The van der Waals surface area contributed by atoms with Crippen molar-refractivity contribution in [1.29, 1.82) is 0 Å². The Bertz CT molecular complexity index is 860. The second-order valence-corrected chi connectivity index (χ2v) is 7.20. The molecule has 0 amide bonds. The fourth-order valence-corrected chi connectivity index (χ4v) is 3.76. The van der Waals surface area contributed by atoms with Crippen molar-refractivity contribution in [1.82, 2.24) is 34.5 Å². The lowest BCUT2D eigenvalue weighted by molar-refractivity contribution is 0.474. The van der Waals surface area contributed by atoms with Crippen LogP contribution in [-0.2, 0) is 13.6 Å². The highest BCUT2D eigenvalue weighted by Crippen LogP contribution is 2.28. The molecule has 0 radical (unpaired) electrons. The van der Waals surface area contributed by atoms with Gasteiger partial charge >= 0.3 is 0 Å². The van der Waals surface area contributed by atoms with Gasteiger partial charge in [-0.05, 0) is 31.2 Å². The Morgan fingerprint density at radius 3 is 3.00 bits per heavy atom. The molecule has 0 unspecified atom stereocenters. The third-order valence-corrected chi connectivity index (χ3v) is 5.34. The van der Waals surface area contributed by atoms with Crippen molar-refractivity contribution >= 4 is 17.6 Å². The van der Waals surface area contributed by atoms with Gasteiger partial charge in [-0.1, -0.05) is 11.8 Å². The van der Waals surface area contributed by atoms with E-state index in [0.29, 0.717) is 12.5 Å².